The van der Waals surface area contributed by atoms with Crippen molar-refractivity contribution < 1.29 is 0 Å². The van der Waals surface area contributed by atoms with Crippen LogP contribution in [0.3, 0.4) is 0 Å². The molecule has 2 nitrogen and oxygen atoms in total. The van der Waals surface area contributed by atoms with Gasteiger partial charge in [-0.15, -0.1) is 0 Å². The van der Waals surface area contributed by atoms with Gasteiger partial charge in [-0.3, -0.25) is 0 Å². The topological polar surface area (TPSA) is 47.6 Å². The van der Waals surface area contributed by atoms with Crippen LogP contribution in [0.2, 0.25) is 0 Å². The molecule has 2 heteroatoms. The summed E-state index contributed by atoms with van der Waals surface area (Å²) < 4.78 is 0. The molecule has 0 saturated heterocycles. The van der Waals surface area contributed by atoms with Gasteiger partial charge in [-0.2, -0.15) is 10.5 Å². The maximum Gasteiger partial charge on any atom is 0.126 e. The Morgan fingerprint density at radius 1 is 1.06 bits per heavy atom. The van der Waals surface area contributed by atoms with Gasteiger partial charge in [0.25, 0.3) is 0 Å². The number of rotatable bonds is 2. The van der Waals surface area contributed by atoms with E-state index >= 15 is 0 Å². The summed E-state index contributed by atoms with van der Waals surface area (Å²) >= 11 is 0. The lowest BCUT2D eigenvalue weighted by Crippen LogP contribution is -1.92. The van der Waals surface area contributed by atoms with Crippen molar-refractivity contribution in [1.82, 2.24) is 0 Å². The SMILES string of the molecule is CC(C=C(C#N)C#N)c1cccc2ccccc12. The predicted molar refractivity (Wildman–Crippen MR) is 71.7 cm³/mol. The molecule has 0 spiro atoms. The molecule has 0 aliphatic heterocycles. The molecule has 1 unspecified atom stereocenters. The van der Waals surface area contributed by atoms with E-state index < -0.39 is 0 Å². The Kier molecular flexibility index (Phi) is 3.41. The number of hydrogen-bond acceptors (Lipinski definition) is 2. The molecule has 0 aliphatic rings. The smallest absolute Gasteiger partial charge is 0.126 e. The lowest BCUT2D eigenvalue weighted by atomic mass is 9.93. The Hall–Kier alpha value is -2.58. The zero-order chi connectivity index (χ0) is 13.0. The maximum atomic E-state index is 8.79. The van der Waals surface area contributed by atoms with Crippen LogP contribution >= 0.6 is 0 Å². The Balaban J connectivity index is 2.53. The average Bonchev–Trinajstić information content (AvgIpc) is 2.43. The fourth-order valence-electron chi connectivity index (χ4n) is 2.09. The van der Waals surface area contributed by atoms with E-state index in [0.29, 0.717) is 0 Å². The third kappa shape index (κ3) is 2.24. The molecule has 1 atom stereocenters. The number of hydrogen-bond donors (Lipinski definition) is 0. The molecular weight excluding hydrogens is 220 g/mol. The Morgan fingerprint density at radius 2 is 1.72 bits per heavy atom. The second-order valence-corrected chi connectivity index (χ2v) is 4.16. The first-order valence-corrected chi connectivity index (χ1v) is 5.76. The molecule has 0 heterocycles. The lowest BCUT2D eigenvalue weighted by molar-refractivity contribution is 0.975. The van der Waals surface area contributed by atoms with E-state index in [1.807, 2.05) is 43.3 Å². The number of nitriles is 2. The van der Waals surface area contributed by atoms with Crippen LogP contribution in [0.25, 0.3) is 10.8 Å². The van der Waals surface area contributed by atoms with Gasteiger partial charge in [0.2, 0.25) is 0 Å². The van der Waals surface area contributed by atoms with Crippen molar-refractivity contribution in [2.45, 2.75) is 12.8 Å². The quantitative estimate of drug-likeness (QED) is 0.737. The van der Waals surface area contributed by atoms with Crippen molar-refractivity contribution in [3.63, 3.8) is 0 Å². The summed E-state index contributed by atoms with van der Waals surface area (Å²) in [5, 5.41) is 19.9. The first kappa shape index (κ1) is 11.9. The minimum absolute atomic E-state index is 0.0467. The first-order chi connectivity index (χ1) is 8.76. The van der Waals surface area contributed by atoms with Crippen molar-refractivity contribution in [1.29, 1.82) is 10.5 Å². The summed E-state index contributed by atoms with van der Waals surface area (Å²) in [6.45, 7) is 2.00. The zero-order valence-corrected chi connectivity index (χ0v) is 10.1. The summed E-state index contributed by atoms with van der Waals surface area (Å²) in [6.07, 6.45) is 1.71. The molecule has 86 valence electrons. The highest BCUT2D eigenvalue weighted by Crippen LogP contribution is 2.26. The van der Waals surface area contributed by atoms with Crippen LogP contribution in [0.1, 0.15) is 18.4 Å². The molecule has 0 fully saturated rings. The van der Waals surface area contributed by atoms with Gasteiger partial charge in [0, 0.05) is 5.92 Å². The van der Waals surface area contributed by atoms with Crippen LogP contribution in [0.4, 0.5) is 0 Å². The highest BCUT2D eigenvalue weighted by Gasteiger charge is 2.07. The summed E-state index contributed by atoms with van der Waals surface area (Å²) in [5.74, 6) is 0.0467. The second-order valence-electron chi connectivity index (χ2n) is 4.16. The van der Waals surface area contributed by atoms with Crippen LogP contribution in [0.15, 0.2) is 54.1 Å². The minimum atomic E-state index is 0.0467. The van der Waals surface area contributed by atoms with Crippen molar-refractivity contribution in [3.05, 3.63) is 59.7 Å². The molecular formula is C16H12N2. The normalized spacial score (nSPS) is 11.3. The lowest BCUT2D eigenvalue weighted by Gasteiger charge is -2.10. The summed E-state index contributed by atoms with van der Waals surface area (Å²) in [4.78, 5) is 0. The van der Waals surface area contributed by atoms with E-state index in [1.54, 1.807) is 6.08 Å². The predicted octanol–water partition coefficient (Wildman–Crippen LogP) is 3.92. The van der Waals surface area contributed by atoms with E-state index in [4.69, 9.17) is 10.5 Å². The molecule has 0 aromatic heterocycles. The van der Waals surface area contributed by atoms with Gasteiger partial charge < -0.3 is 0 Å². The van der Waals surface area contributed by atoms with Crippen LogP contribution < -0.4 is 0 Å². The molecule has 0 saturated carbocycles. The van der Waals surface area contributed by atoms with Gasteiger partial charge in [-0.05, 0) is 22.4 Å². The fraction of sp³-hybridized carbons (Fsp3) is 0.125. The van der Waals surface area contributed by atoms with Crippen LogP contribution in [-0.2, 0) is 0 Å². The minimum Gasteiger partial charge on any atom is -0.192 e. The van der Waals surface area contributed by atoms with Crippen molar-refractivity contribution in [2.75, 3.05) is 0 Å². The molecule has 0 N–H and O–H groups in total. The second kappa shape index (κ2) is 5.17. The van der Waals surface area contributed by atoms with Gasteiger partial charge in [-0.1, -0.05) is 49.4 Å². The fourth-order valence-corrected chi connectivity index (χ4v) is 2.09. The van der Waals surface area contributed by atoms with Crippen molar-refractivity contribution >= 4 is 10.8 Å². The van der Waals surface area contributed by atoms with Crippen LogP contribution in [0, 0.1) is 22.7 Å². The summed E-state index contributed by atoms with van der Waals surface area (Å²) in [6, 6.07) is 18.0. The summed E-state index contributed by atoms with van der Waals surface area (Å²) in [5.41, 5.74) is 1.30. The summed E-state index contributed by atoms with van der Waals surface area (Å²) in [7, 11) is 0. The molecule has 0 bridgehead atoms. The van der Waals surface area contributed by atoms with E-state index in [9.17, 15) is 0 Å². The largest absolute Gasteiger partial charge is 0.192 e. The highest BCUT2D eigenvalue weighted by atomic mass is 14.3. The van der Waals surface area contributed by atoms with Crippen molar-refractivity contribution in [3.8, 4) is 12.1 Å². The standard InChI is InChI=1S/C16H12N2/c1-12(9-13(10-17)11-18)15-8-4-6-14-5-2-3-7-16(14)15/h2-9,12H,1H3. The number of fused-ring (bicyclic) bond motifs is 1. The molecule has 18 heavy (non-hydrogen) atoms. The molecule has 0 amide bonds. The molecule has 0 aliphatic carbocycles. The van der Waals surface area contributed by atoms with Crippen LogP contribution in [0.5, 0.6) is 0 Å². The van der Waals surface area contributed by atoms with Crippen molar-refractivity contribution in [2.24, 2.45) is 0 Å². The van der Waals surface area contributed by atoms with E-state index in [-0.39, 0.29) is 11.5 Å². The van der Waals surface area contributed by atoms with Gasteiger partial charge in [0.05, 0.1) is 0 Å². The van der Waals surface area contributed by atoms with E-state index in [1.165, 1.54) is 10.8 Å². The maximum absolute atomic E-state index is 8.79. The van der Waals surface area contributed by atoms with Gasteiger partial charge in [0.1, 0.15) is 17.7 Å². The zero-order valence-electron chi connectivity index (χ0n) is 10.1. The van der Waals surface area contributed by atoms with Crippen LogP contribution in [-0.4, -0.2) is 0 Å². The number of allylic oxidation sites excluding steroid dienone is 2. The van der Waals surface area contributed by atoms with E-state index in [2.05, 4.69) is 18.2 Å². The Morgan fingerprint density at radius 3 is 2.44 bits per heavy atom. The third-order valence-electron chi connectivity index (χ3n) is 2.97. The monoisotopic (exact) mass is 232 g/mol. The third-order valence-corrected chi connectivity index (χ3v) is 2.97. The van der Waals surface area contributed by atoms with E-state index in [0.717, 1.165) is 5.56 Å². The highest BCUT2D eigenvalue weighted by molar-refractivity contribution is 5.86. The molecule has 2 rings (SSSR count). The Bertz CT molecular complexity index is 663. The number of benzene rings is 2. The van der Waals surface area contributed by atoms with Gasteiger partial charge in [-0.25, -0.2) is 0 Å². The van der Waals surface area contributed by atoms with Gasteiger partial charge >= 0.3 is 0 Å². The average molecular weight is 232 g/mol. The Labute approximate surface area is 106 Å². The molecule has 0 radical (unpaired) electrons. The molecule has 2 aromatic carbocycles. The van der Waals surface area contributed by atoms with Gasteiger partial charge in [0.15, 0.2) is 0 Å². The molecule has 2 aromatic rings. The first-order valence-electron chi connectivity index (χ1n) is 5.76. The number of nitrogens with zero attached hydrogens (tertiary/aromatic N) is 2.